The lowest BCUT2D eigenvalue weighted by atomic mass is 9.74. The van der Waals surface area contributed by atoms with E-state index in [0.29, 0.717) is 25.8 Å². The Morgan fingerprint density at radius 2 is 1.75 bits per heavy atom. The van der Waals surface area contributed by atoms with Gasteiger partial charge in [-0.3, -0.25) is 14.6 Å². The lowest BCUT2D eigenvalue weighted by molar-refractivity contribution is -0.133. The zero-order valence-electron chi connectivity index (χ0n) is 19.3. The normalized spacial score (nSPS) is 19.7. The van der Waals surface area contributed by atoms with Gasteiger partial charge in [-0.2, -0.15) is 0 Å². The van der Waals surface area contributed by atoms with Crippen LogP contribution >= 0.6 is 0 Å². The average Bonchev–Trinajstić information content (AvgIpc) is 3.08. The maximum absolute atomic E-state index is 13.1. The zero-order chi connectivity index (χ0) is 22.7. The van der Waals surface area contributed by atoms with Gasteiger partial charge < -0.3 is 4.98 Å². The highest BCUT2D eigenvalue weighted by atomic mass is 16.2. The van der Waals surface area contributed by atoms with Crippen molar-refractivity contribution >= 4 is 28.2 Å². The van der Waals surface area contributed by atoms with Crippen LogP contribution in [-0.4, -0.2) is 28.8 Å². The molecule has 32 heavy (non-hydrogen) atoms. The number of hydrogen-bond acceptors (Lipinski definition) is 3. The van der Waals surface area contributed by atoms with Gasteiger partial charge in [-0.15, -0.1) is 0 Å². The number of benzene rings is 2. The molecule has 3 aromatic rings. The Bertz CT molecular complexity index is 1140. The Hall–Kier alpha value is -3.01. The van der Waals surface area contributed by atoms with Crippen LogP contribution in [0.1, 0.15) is 60.9 Å². The second kappa shape index (κ2) is 9.64. The minimum atomic E-state index is -0.652. The first-order valence-corrected chi connectivity index (χ1v) is 11.7. The van der Waals surface area contributed by atoms with E-state index in [1.54, 1.807) is 0 Å². The van der Waals surface area contributed by atoms with Gasteiger partial charge in [-0.1, -0.05) is 55.3 Å². The molecule has 0 radical (unpaired) electrons. The van der Waals surface area contributed by atoms with E-state index >= 15 is 0 Å². The van der Waals surface area contributed by atoms with E-state index in [0.717, 1.165) is 35.3 Å². The van der Waals surface area contributed by atoms with Crippen LogP contribution in [0.3, 0.4) is 0 Å². The third-order valence-corrected chi connectivity index (χ3v) is 6.60. The molecule has 0 spiro atoms. The molecule has 1 N–H and O–H groups in total. The monoisotopic (exact) mass is 428 g/mol. The van der Waals surface area contributed by atoms with Gasteiger partial charge in [-0.25, -0.2) is 0 Å². The van der Waals surface area contributed by atoms with Crippen molar-refractivity contribution in [2.45, 2.75) is 58.8 Å². The largest absolute Gasteiger partial charge is 0.358 e. The molecule has 0 bridgehead atoms. The first-order chi connectivity index (χ1) is 15.5. The SMILES string of the molecule is CCCC(=NCCc1c(C)[nH]c2ccc(C)cc12)C1C(=O)CC(c2ccccc2)CC1=O. The Morgan fingerprint density at radius 1 is 1.03 bits per heavy atom. The first kappa shape index (κ1) is 22.2. The molecule has 166 valence electrons. The Labute approximate surface area is 190 Å². The Balaban J connectivity index is 1.51. The maximum atomic E-state index is 13.1. The lowest BCUT2D eigenvalue weighted by Crippen LogP contribution is -2.38. The van der Waals surface area contributed by atoms with Crippen molar-refractivity contribution < 1.29 is 9.59 Å². The van der Waals surface area contributed by atoms with Crippen LogP contribution in [0.2, 0.25) is 0 Å². The maximum Gasteiger partial charge on any atom is 0.149 e. The van der Waals surface area contributed by atoms with Crippen LogP contribution < -0.4 is 0 Å². The minimum Gasteiger partial charge on any atom is -0.358 e. The summed E-state index contributed by atoms with van der Waals surface area (Å²) < 4.78 is 0. The third kappa shape index (κ3) is 4.59. The molecule has 1 aromatic heterocycles. The van der Waals surface area contributed by atoms with Crippen LogP contribution in [0.25, 0.3) is 10.9 Å². The molecule has 1 aliphatic rings. The van der Waals surface area contributed by atoms with Gasteiger partial charge in [0, 0.05) is 41.7 Å². The third-order valence-electron chi connectivity index (χ3n) is 6.60. The number of nitrogens with zero attached hydrogens (tertiary/aromatic N) is 1. The minimum absolute atomic E-state index is 0.00700. The zero-order valence-corrected chi connectivity index (χ0v) is 19.3. The van der Waals surface area contributed by atoms with Crippen LogP contribution in [0.15, 0.2) is 53.5 Å². The number of aliphatic imine (C=N–C) groups is 1. The summed E-state index contributed by atoms with van der Waals surface area (Å²) in [5.74, 6) is -0.601. The predicted octanol–water partition coefficient (Wildman–Crippen LogP) is 5.90. The molecule has 1 fully saturated rings. The van der Waals surface area contributed by atoms with Crippen molar-refractivity contribution in [3.8, 4) is 0 Å². The van der Waals surface area contributed by atoms with Crippen molar-refractivity contribution in [3.05, 3.63) is 70.9 Å². The molecule has 0 unspecified atom stereocenters. The van der Waals surface area contributed by atoms with E-state index in [2.05, 4.69) is 44.0 Å². The number of hydrogen-bond donors (Lipinski definition) is 1. The van der Waals surface area contributed by atoms with E-state index in [1.807, 2.05) is 30.3 Å². The second-order valence-electron chi connectivity index (χ2n) is 9.03. The summed E-state index contributed by atoms with van der Waals surface area (Å²) in [5, 5.41) is 1.24. The van der Waals surface area contributed by atoms with E-state index in [9.17, 15) is 9.59 Å². The van der Waals surface area contributed by atoms with Crippen LogP contribution in [0.4, 0.5) is 0 Å². The molecule has 4 nitrogen and oxygen atoms in total. The summed E-state index contributed by atoms with van der Waals surface area (Å²) in [4.78, 5) is 34.4. The van der Waals surface area contributed by atoms with Crippen LogP contribution in [-0.2, 0) is 16.0 Å². The van der Waals surface area contributed by atoms with Gasteiger partial charge >= 0.3 is 0 Å². The van der Waals surface area contributed by atoms with Crippen LogP contribution in [0.5, 0.6) is 0 Å². The summed E-state index contributed by atoms with van der Waals surface area (Å²) in [6.45, 7) is 6.87. The summed E-state index contributed by atoms with van der Waals surface area (Å²) in [7, 11) is 0. The van der Waals surface area contributed by atoms with Gasteiger partial charge in [-0.05, 0) is 55.9 Å². The number of rotatable bonds is 7. The van der Waals surface area contributed by atoms with Gasteiger partial charge in [0.05, 0.1) is 0 Å². The number of aromatic amines is 1. The number of H-pyrrole nitrogens is 1. The highest BCUT2D eigenvalue weighted by Crippen LogP contribution is 2.33. The van der Waals surface area contributed by atoms with Crippen molar-refractivity contribution in [2.75, 3.05) is 6.54 Å². The van der Waals surface area contributed by atoms with Crippen molar-refractivity contribution in [3.63, 3.8) is 0 Å². The number of nitrogens with one attached hydrogen (secondary N) is 1. The molecule has 4 rings (SSSR count). The molecular formula is C28H32N2O2. The second-order valence-corrected chi connectivity index (χ2v) is 9.03. The standard InChI is InChI=1S/C28H32N2O2/c1-4-8-25(28-26(31)16-21(17-27(28)32)20-9-6-5-7-10-20)29-14-13-22-19(3)30-24-12-11-18(2)15-23(22)24/h5-7,9-12,15,21,28,30H,4,8,13-14,16-17H2,1-3H3. The molecule has 1 aliphatic carbocycles. The fourth-order valence-electron chi connectivity index (χ4n) is 5.01. The molecule has 0 atom stereocenters. The first-order valence-electron chi connectivity index (χ1n) is 11.7. The van der Waals surface area contributed by atoms with Gasteiger partial charge in [0.25, 0.3) is 0 Å². The van der Waals surface area contributed by atoms with Gasteiger partial charge in [0.2, 0.25) is 0 Å². The predicted molar refractivity (Wildman–Crippen MR) is 131 cm³/mol. The fraction of sp³-hybridized carbons (Fsp3) is 0.393. The number of Topliss-reactive ketones (excluding diaryl/α,β-unsaturated/α-hetero) is 2. The summed E-state index contributed by atoms with van der Waals surface area (Å²) >= 11 is 0. The van der Waals surface area contributed by atoms with Crippen molar-refractivity contribution in [1.82, 2.24) is 4.98 Å². The number of aromatic nitrogens is 1. The number of carbonyl (C=O) groups excluding carboxylic acids is 2. The van der Waals surface area contributed by atoms with E-state index < -0.39 is 5.92 Å². The smallest absolute Gasteiger partial charge is 0.149 e. The van der Waals surface area contributed by atoms with E-state index in [4.69, 9.17) is 4.99 Å². The number of aryl methyl sites for hydroxylation is 2. The Morgan fingerprint density at radius 3 is 2.44 bits per heavy atom. The number of fused-ring (bicyclic) bond motifs is 1. The fourth-order valence-corrected chi connectivity index (χ4v) is 5.01. The number of carbonyl (C=O) groups is 2. The summed E-state index contributed by atoms with van der Waals surface area (Å²) in [6.07, 6.45) is 3.21. The van der Waals surface area contributed by atoms with Crippen LogP contribution in [0, 0.1) is 19.8 Å². The molecule has 0 saturated heterocycles. The Kier molecular flexibility index (Phi) is 6.69. The van der Waals surface area contributed by atoms with E-state index in [1.165, 1.54) is 16.5 Å². The van der Waals surface area contributed by atoms with Crippen molar-refractivity contribution in [1.29, 1.82) is 0 Å². The highest BCUT2D eigenvalue weighted by molar-refractivity contribution is 6.22. The highest BCUT2D eigenvalue weighted by Gasteiger charge is 2.38. The molecule has 2 aromatic carbocycles. The van der Waals surface area contributed by atoms with E-state index in [-0.39, 0.29) is 17.5 Å². The molecule has 0 aliphatic heterocycles. The molecule has 1 heterocycles. The summed E-state index contributed by atoms with van der Waals surface area (Å²) in [5.41, 5.74) is 6.67. The average molecular weight is 429 g/mol. The number of ketones is 2. The molecule has 1 saturated carbocycles. The molecule has 0 amide bonds. The summed E-state index contributed by atoms with van der Waals surface area (Å²) in [6, 6.07) is 16.4. The molecular weight excluding hydrogens is 396 g/mol. The van der Waals surface area contributed by atoms with Crippen molar-refractivity contribution in [2.24, 2.45) is 10.9 Å². The lowest BCUT2D eigenvalue weighted by Gasteiger charge is -2.27. The quantitative estimate of drug-likeness (QED) is 0.376. The topological polar surface area (TPSA) is 62.3 Å². The van der Waals surface area contributed by atoms with Gasteiger partial charge in [0.1, 0.15) is 17.5 Å². The van der Waals surface area contributed by atoms with Gasteiger partial charge in [0.15, 0.2) is 0 Å². The molecule has 4 heteroatoms.